The molecule has 1 heterocycles. The fourth-order valence-electron chi connectivity index (χ4n) is 2.16. The molecule has 1 nitrogen and oxygen atoms in total. The van der Waals surface area contributed by atoms with Crippen molar-refractivity contribution in [2.45, 2.75) is 38.3 Å². The van der Waals surface area contributed by atoms with Gasteiger partial charge in [-0.05, 0) is 57.0 Å². The third-order valence-corrected chi connectivity index (χ3v) is 3.14. The van der Waals surface area contributed by atoms with Crippen molar-refractivity contribution in [3.8, 4) is 0 Å². The molecule has 1 aliphatic heterocycles. The Hall–Kier alpha value is -0.110. The lowest BCUT2D eigenvalue weighted by Gasteiger charge is -2.17. The predicted molar refractivity (Wildman–Crippen MR) is 47.8 cm³/mol. The van der Waals surface area contributed by atoms with E-state index in [4.69, 9.17) is 0 Å². The summed E-state index contributed by atoms with van der Waals surface area (Å²) in [6, 6.07) is 0. The van der Waals surface area contributed by atoms with Crippen LogP contribution in [0.5, 0.6) is 0 Å². The molecular weight excluding hydrogens is 153 g/mol. The highest BCUT2D eigenvalue weighted by Crippen LogP contribution is 2.40. The highest BCUT2D eigenvalue weighted by molar-refractivity contribution is 4.86. The molecule has 1 saturated heterocycles. The molecule has 0 radical (unpaired) electrons. The zero-order chi connectivity index (χ0) is 8.39. The van der Waals surface area contributed by atoms with E-state index < -0.39 is 6.17 Å². The predicted octanol–water partition coefficient (Wildman–Crippen LogP) is 2.12. The quantitative estimate of drug-likeness (QED) is 0.671. The van der Waals surface area contributed by atoms with E-state index in [0.29, 0.717) is 11.8 Å². The standard InChI is InChI=1S/C10H18FN/c11-10(9-3-4-9)8-2-1-6-12-7-5-8/h8-10,12H,1-7H2. The zero-order valence-electron chi connectivity index (χ0n) is 7.56. The Morgan fingerprint density at radius 2 is 1.75 bits per heavy atom. The number of nitrogens with one attached hydrogen (secondary N) is 1. The van der Waals surface area contributed by atoms with Crippen LogP contribution in [0.4, 0.5) is 4.39 Å². The number of hydrogen-bond acceptors (Lipinski definition) is 1. The van der Waals surface area contributed by atoms with E-state index in [2.05, 4.69) is 5.32 Å². The Balaban J connectivity index is 1.82. The summed E-state index contributed by atoms with van der Waals surface area (Å²) >= 11 is 0. The van der Waals surface area contributed by atoms with E-state index in [1.54, 1.807) is 0 Å². The highest BCUT2D eigenvalue weighted by Gasteiger charge is 2.36. The Labute approximate surface area is 73.7 Å². The van der Waals surface area contributed by atoms with E-state index in [1.807, 2.05) is 0 Å². The normalized spacial score (nSPS) is 34.2. The largest absolute Gasteiger partial charge is 0.317 e. The molecule has 0 spiro atoms. The smallest absolute Gasteiger partial charge is 0.106 e. The van der Waals surface area contributed by atoms with Crippen molar-refractivity contribution < 1.29 is 4.39 Å². The lowest BCUT2D eigenvalue weighted by atomic mass is 9.92. The van der Waals surface area contributed by atoms with Crippen molar-refractivity contribution in [2.75, 3.05) is 13.1 Å². The number of hydrogen-bond donors (Lipinski definition) is 1. The lowest BCUT2D eigenvalue weighted by Crippen LogP contribution is -2.20. The first-order chi connectivity index (χ1) is 5.88. The van der Waals surface area contributed by atoms with Crippen LogP contribution in [0.15, 0.2) is 0 Å². The molecule has 70 valence electrons. The molecule has 12 heavy (non-hydrogen) atoms. The topological polar surface area (TPSA) is 12.0 Å². The van der Waals surface area contributed by atoms with Crippen molar-refractivity contribution >= 4 is 0 Å². The first-order valence-corrected chi connectivity index (χ1v) is 5.22. The number of rotatable bonds is 2. The lowest BCUT2D eigenvalue weighted by molar-refractivity contribution is 0.185. The van der Waals surface area contributed by atoms with Crippen LogP contribution in [-0.4, -0.2) is 19.3 Å². The molecule has 0 amide bonds. The Bertz CT molecular complexity index is 137. The van der Waals surface area contributed by atoms with Crippen LogP contribution in [0.25, 0.3) is 0 Å². The van der Waals surface area contributed by atoms with Gasteiger partial charge in [-0.3, -0.25) is 0 Å². The van der Waals surface area contributed by atoms with E-state index >= 15 is 0 Å². The van der Waals surface area contributed by atoms with Gasteiger partial charge in [-0.1, -0.05) is 0 Å². The van der Waals surface area contributed by atoms with Gasteiger partial charge in [0.25, 0.3) is 0 Å². The van der Waals surface area contributed by atoms with Crippen molar-refractivity contribution in [1.29, 1.82) is 0 Å². The van der Waals surface area contributed by atoms with Crippen molar-refractivity contribution in [3.05, 3.63) is 0 Å². The fourth-order valence-corrected chi connectivity index (χ4v) is 2.16. The third-order valence-electron chi connectivity index (χ3n) is 3.14. The summed E-state index contributed by atoms with van der Waals surface area (Å²) in [7, 11) is 0. The first kappa shape index (κ1) is 8.49. The molecule has 2 rings (SSSR count). The van der Waals surface area contributed by atoms with Gasteiger partial charge in [0.15, 0.2) is 0 Å². The summed E-state index contributed by atoms with van der Waals surface area (Å²) in [5.41, 5.74) is 0. The maximum atomic E-state index is 13.6. The minimum atomic E-state index is -0.482. The minimum absolute atomic E-state index is 0.368. The van der Waals surface area contributed by atoms with Gasteiger partial charge in [0.2, 0.25) is 0 Å². The SMILES string of the molecule is FC(C1CCCNCC1)C1CC1. The molecule has 1 saturated carbocycles. The molecule has 0 aromatic carbocycles. The van der Waals surface area contributed by atoms with E-state index in [0.717, 1.165) is 45.2 Å². The molecular formula is C10H18FN. The van der Waals surface area contributed by atoms with Gasteiger partial charge in [-0.2, -0.15) is 0 Å². The molecule has 2 aliphatic rings. The molecule has 1 N–H and O–H groups in total. The van der Waals surface area contributed by atoms with E-state index in [1.165, 1.54) is 0 Å². The van der Waals surface area contributed by atoms with Crippen molar-refractivity contribution in [1.82, 2.24) is 5.32 Å². The maximum Gasteiger partial charge on any atom is 0.106 e. The third kappa shape index (κ3) is 1.98. The second-order valence-corrected chi connectivity index (χ2v) is 4.22. The molecule has 2 atom stereocenters. The first-order valence-electron chi connectivity index (χ1n) is 5.22. The molecule has 0 aromatic heterocycles. The average Bonchev–Trinajstić information content (AvgIpc) is 2.92. The van der Waals surface area contributed by atoms with Gasteiger partial charge in [-0.25, -0.2) is 4.39 Å². The summed E-state index contributed by atoms with van der Waals surface area (Å²) in [6.07, 6.45) is 5.13. The van der Waals surface area contributed by atoms with Crippen molar-refractivity contribution in [3.63, 3.8) is 0 Å². The van der Waals surface area contributed by atoms with Crippen LogP contribution >= 0.6 is 0 Å². The molecule has 1 aliphatic carbocycles. The summed E-state index contributed by atoms with van der Waals surface area (Å²) in [5.74, 6) is 0.806. The monoisotopic (exact) mass is 171 g/mol. The average molecular weight is 171 g/mol. The van der Waals surface area contributed by atoms with Gasteiger partial charge in [0, 0.05) is 0 Å². The summed E-state index contributed by atoms with van der Waals surface area (Å²) < 4.78 is 13.6. The van der Waals surface area contributed by atoms with E-state index in [9.17, 15) is 4.39 Å². The number of alkyl halides is 1. The molecule has 0 bridgehead atoms. The summed E-state index contributed by atoms with van der Waals surface area (Å²) in [6.45, 7) is 2.12. The minimum Gasteiger partial charge on any atom is -0.317 e. The molecule has 2 unspecified atom stereocenters. The second kappa shape index (κ2) is 3.73. The summed E-state index contributed by atoms with van der Waals surface area (Å²) in [5, 5.41) is 3.32. The zero-order valence-corrected chi connectivity index (χ0v) is 7.56. The Kier molecular flexibility index (Phi) is 2.64. The van der Waals surface area contributed by atoms with Crippen molar-refractivity contribution in [2.24, 2.45) is 11.8 Å². The molecule has 2 fully saturated rings. The van der Waals surface area contributed by atoms with Crippen LogP contribution < -0.4 is 5.32 Å². The second-order valence-electron chi connectivity index (χ2n) is 4.22. The molecule has 0 aromatic rings. The Morgan fingerprint density at radius 1 is 1.00 bits per heavy atom. The highest BCUT2D eigenvalue weighted by atomic mass is 19.1. The van der Waals surface area contributed by atoms with Crippen LogP contribution in [0, 0.1) is 11.8 Å². The van der Waals surface area contributed by atoms with Crippen LogP contribution in [-0.2, 0) is 0 Å². The summed E-state index contributed by atoms with van der Waals surface area (Å²) in [4.78, 5) is 0. The van der Waals surface area contributed by atoms with Gasteiger partial charge >= 0.3 is 0 Å². The number of halogens is 1. The van der Waals surface area contributed by atoms with E-state index in [-0.39, 0.29) is 0 Å². The van der Waals surface area contributed by atoms with Crippen LogP contribution in [0.3, 0.4) is 0 Å². The van der Waals surface area contributed by atoms with Gasteiger partial charge in [0.05, 0.1) is 0 Å². The van der Waals surface area contributed by atoms with Crippen LogP contribution in [0.2, 0.25) is 0 Å². The Morgan fingerprint density at radius 3 is 2.50 bits per heavy atom. The fraction of sp³-hybridized carbons (Fsp3) is 1.00. The van der Waals surface area contributed by atoms with Crippen LogP contribution in [0.1, 0.15) is 32.1 Å². The van der Waals surface area contributed by atoms with Gasteiger partial charge in [-0.15, -0.1) is 0 Å². The maximum absolute atomic E-state index is 13.6. The van der Waals surface area contributed by atoms with Gasteiger partial charge in [0.1, 0.15) is 6.17 Å². The van der Waals surface area contributed by atoms with Gasteiger partial charge < -0.3 is 5.32 Å². The molecule has 2 heteroatoms.